The smallest absolute Gasteiger partial charge is 0.270 e. The molecule has 0 aliphatic carbocycles. The van der Waals surface area contributed by atoms with Crippen molar-refractivity contribution in [3.63, 3.8) is 0 Å². The van der Waals surface area contributed by atoms with Crippen molar-refractivity contribution in [2.24, 2.45) is 4.99 Å². The van der Waals surface area contributed by atoms with E-state index in [1.54, 1.807) is 18.2 Å². The largest absolute Gasteiger partial charge is 0.291 e. The summed E-state index contributed by atoms with van der Waals surface area (Å²) in [6.07, 6.45) is 1.59. The molecule has 1 aliphatic heterocycles. The van der Waals surface area contributed by atoms with E-state index < -0.39 is 11.8 Å². The Bertz CT molecular complexity index is 1060. The van der Waals surface area contributed by atoms with Gasteiger partial charge in [0.15, 0.2) is 0 Å². The molecule has 2 amide bonds. The van der Waals surface area contributed by atoms with Gasteiger partial charge in [-0.25, -0.2) is 9.89 Å². The SMILES string of the molecule is O=C1NC(=Nc2ccccc2)N(c2ccccc2)C(=O)/C1=C/c1ccccc1. The molecule has 1 fully saturated rings. The number of benzene rings is 3. The minimum absolute atomic E-state index is 0.0575. The Balaban J connectivity index is 1.80. The molecule has 0 aromatic heterocycles. The fraction of sp³-hybridized carbons (Fsp3) is 0. The Morgan fingerprint density at radius 1 is 0.750 bits per heavy atom. The van der Waals surface area contributed by atoms with Crippen molar-refractivity contribution >= 4 is 35.2 Å². The molecule has 1 saturated heterocycles. The van der Waals surface area contributed by atoms with Crippen LogP contribution in [0.1, 0.15) is 5.56 Å². The van der Waals surface area contributed by atoms with Crippen LogP contribution in [0.15, 0.2) is 102 Å². The third kappa shape index (κ3) is 3.59. The molecule has 1 heterocycles. The number of aliphatic imine (C=N–C) groups is 1. The van der Waals surface area contributed by atoms with Gasteiger partial charge in [-0.1, -0.05) is 66.7 Å². The van der Waals surface area contributed by atoms with Crippen molar-refractivity contribution in [2.75, 3.05) is 4.90 Å². The van der Waals surface area contributed by atoms with E-state index in [9.17, 15) is 9.59 Å². The van der Waals surface area contributed by atoms with Gasteiger partial charge in [-0.05, 0) is 35.9 Å². The predicted molar refractivity (Wildman–Crippen MR) is 110 cm³/mol. The molecule has 1 aliphatic rings. The number of carbonyl (C=O) groups is 2. The lowest BCUT2D eigenvalue weighted by atomic mass is 10.1. The number of hydrogen-bond acceptors (Lipinski definition) is 3. The normalized spacial score (nSPS) is 17.1. The summed E-state index contributed by atoms with van der Waals surface area (Å²) in [6, 6.07) is 27.6. The molecule has 0 atom stereocenters. The third-order valence-electron chi connectivity index (χ3n) is 4.23. The summed E-state index contributed by atoms with van der Waals surface area (Å²) >= 11 is 0. The van der Waals surface area contributed by atoms with Crippen LogP contribution in [-0.4, -0.2) is 17.8 Å². The van der Waals surface area contributed by atoms with Crippen molar-refractivity contribution in [2.45, 2.75) is 0 Å². The monoisotopic (exact) mass is 367 g/mol. The highest BCUT2D eigenvalue weighted by molar-refractivity contribution is 6.40. The van der Waals surface area contributed by atoms with Crippen LogP contribution in [0.2, 0.25) is 0 Å². The molecule has 136 valence electrons. The molecule has 5 nitrogen and oxygen atoms in total. The van der Waals surface area contributed by atoms with Gasteiger partial charge >= 0.3 is 0 Å². The number of guanidine groups is 1. The molecule has 28 heavy (non-hydrogen) atoms. The van der Waals surface area contributed by atoms with Gasteiger partial charge in [0, 0.05) is 0 Å². The number of hydrogen-bond donors (Lipinski definition) is 1. The van der Waals surface area contributed by atoms with Crippen molar-refractivity contribution in [3.05, 3.63) is 102 Å². The maximum atomic E-state index is 13.3. The molecule has 0 bridgehead atoms. The van der Waals surface area contributed by atoms with Crippen LogP contribution in [0.4, 0.5) is 11.4 Å². The van der Waals surface area contributed by atoms with E-state index in [1.165, 1.54) is 4.90 Å². The number of amides is 2. The Morgan fingerprint density at radius 3 is 1.96 bits per heavy atom. The number of para-hydroxylation sites is 2. The van der Waals surface area contributed by atoms with Gasteiger partial charge in [0.05, 0.1) is 11.4 Å². The summed E-state index contributed by atoms with van der Waals surface area (Å²) < 4.78 is 0. The maximum Gasteiger partial charge on any atom is 0.270 e. The first kappa shape index (κ1) is 17.4. The highest BCUT2D eigenvalue weighted by Crippen LogP contribution is 2.23. The van der Waals surface area contributed by atoms with E-state index in [0.717, 1.165) is 5.56 Å². The number of nitrogens with one attached hydrogen (secondary N) is 1. The lowest BCUT2D eigenvalue weighted by molar-refractivity contribution is -0.122. The van der Waals surface area contributed by atoms with E-state index >= 15 is 0 Å². The van der Waals surface area contributed by atoms with Gasteiger partial charge in [0.1, 0.15) is 5.57 Å². The second kappa shape index (κ2) is 7.72. The van der Waals surface area contributed by atoms with Crippen LogP contribution < -0.4 is 10.2 Å². The molecule has 1 N–H and O–H groups in total. The molecule has 0 spiro atoms. The molecule has 0 radical (unpaired) electrons. The molecular formula is C23H17N3O2. The second-order valence-electron chi connectivity index (χ2n) is 6.17. The zero-order valence-corrected chi connectivity index (χ0v) is 14.9. The third-order valence-corrected chi connectivity index (χ3v) is 4.23. The number of carbonyl (C=O) groups excluding carboxylic acids is 2. The van der Waals surface area contributed by atoms with E-state index in [1.807, 2.05) is 78.9 Å². The van der Waals surface area contributed by atoms with Gasteiger partial charge in [-0.15, -0.1) is 0 Å². The van der Waals surface area contributed by atoms with E-state index in [4.69, 9.17) is 0 Å². The molecular weight excluding hydrogens is 350 g/mol. The first-order chi connectivity index (χ1) is 13.7. The highest BCUT2D eigenvalue weighted by Gasteiger charge is 2.35. The average molecular weight is 367 g/mol. The van der Waals surface area contributed by atoms with Crippen LogP contribution in [0.5, 0.6) is 0 Å². The van der Waals surface area contributed by atoms with E-state index in [2.05, 4.69) is 10.3 Å². The zero-order valence-electron chi connectivity index (χ0n) is 14.9. The summed E-state index contributed by atoms with van der Waals surface area (Å²) in [6.45, 7) is 0. The summed E-state index contributed by atoms with van der Waals surface area (Å²) in [5.41, 5.74) is 2.10. The molecule has 0 unspecified atom stereocenters. The lowest BCUT2D eigenvalue weighted by Crippen LogP contribution is -2.55. The Hall–Kier alpha value is -3.99. The standard InChI is InChI=1S/C23H17N3O2/c27-21-20(16-17-10-4-1-5-11-17)22(28)26(19-14-8-3-9-15-19)23(25-21)24-18-12-6-2-7-13-18/h1-16H,(H,24,25,27)/b20-16+. The number of nitrogens with zero attached hydrogens (tertiary/aromatic N) is 2. The molecule has 3 aromatic carbocycles. The van der Waals surface area contributed by atoms with Crippen molar-refractivity contribution in [3.8, 4) is 0 Å². The summed E-state index contributed by atoms with van der Waals surface area (Å²) in [5, 5.41) is 2.76. The van der Waals surface area contributed by atoms with Crippen LogP contribution >= 0.6 is 0 Å². The van der Waals surface area contributed by atoms with Crippen LogP contribution in [0.3, 0.4) is 0 Å². The summed E-state index contributed by atoms with van der Waals surface area (Å²) in [4.78, 5) is 31.8. The fourth-order valence-corrected chi connectivity index (χ4v) is 2.90. The summed E-state index contributed by atoms with van der Waals surface area (Å²) in [7, 11) is 0. The van der Waals surface area contributed by atoms with Crippen LogP contribution in [0, 0.1) is 0 Å². The quantitative estimate of drug-likeness (QED) is 0.563. The minimum Gasteiger partial charge on any atom is -0.291 e. The van der Waals surface area contributed by atoms with Gasteiger partial charge in [-0.3, -0.25) is 14.9 Å². The summed E-state index contributed by atoms with van der Waals surface area (Å²) in [5.74, 6) is -0.721. The van der Waals surface area contributed by atoms with Gasteiger partial charge in [0.2, 0.25) is 5.96 Å². The van der Waals surface area contributed by atoms with Crippen molar-refractivity contribution < 1.29 is 9.59 Å². The van der Waals surface area contributed by atoms with Crippen molar-refractivity contribution in [1.82, 2.24) is 5.32 Å². The van der Waals surface area contributed by atoms with Crippen molar-refractivity contribution in [1.29, 1.82) is 0 Å². The van der Waals surface area contributed by atoms with Crippen LogP contribution in [0.25, 0.3) is 6.08 Å². The number of anilines is 1. The first-order valence-electron chi connectivity index (χ1n) is 8.84. The van der Waals surface area contributed by atoms with E-state index in [-0.39, 0.29) is 11.5 Å². The molecule has 4 rings (SSSR count). The Labute approximate surface area is 162 Å². The average Bonchev–Trinajstić information content (AvgIpc) is 2.73. The molecule has 0 saturated carbocycles. The molecule has 3 aromatic rings. The van der Waals surface area contributed by atoms with Crippen LogP contribution in [-0.2, 0) is 9.59 Å². The number of rotatable bonds is 3. The topological polar surface area (TPSA) is 61.8 Å². The van der Waals surface area contributed by atoms with Gasteiger partial charge in [-0.2, -0.15) is 0 Å². The second-order valence-corrected chi connectivity index (χ2v) is 6.17. The zero-order chi connectivity index (χ0) is 19.3. The molecule has 5 heteroatoms. The van der Waals surface area contributed by atoms with Gasteiger partial charge < -0.3 is 0 Å². The fourth-order valence-electron chi connectivity index (χ4n) is 2.90. The lowest BCUT2D eigenvalue weighted by Gasteiger charge is -2.29. The highest BCUT2D eigenvalue weighted by atomic mass is 16.2. The van der Waals surface area contributed by atoms with Gasteiger partial charge in [0.25, 0.3) is 11.8 Å². The minimum atomic E-state index is -0.476. The maximum absolute atomic E-state index is 13.3. The first-order valence-corrected chi connectivity index (χ1v) is 8.84. The Kier molecular flexibility index (Phi) is 4.80. The van der Waals surface area contributed by atoms with E-state index in [0.29, 0.717) is 11.4 Å². The predicted octanol–water partition coefficient (Wildman–Crippen LogP) is 3.92. The Morgan fingerprint density at radius 2 is 1.32 bits per heavy atom.